The number of carbonyl (C=O) groups is 1. The summed E-state index contributed by atoms with van der Waals surface area (Å²) in [6.45, 7) is 3.74. The van der Waals surface area contributed by atoms with Crippen LogP contribution < -0.4 is 10.6 Å². The molecule has 2 fully saturated rings. The molecule has 1 aliphatic carbocycles. The van der Waals surface area contributed by atoms with Crippen molar-refractivity contribution < 1.29 is 4.79 Å². The third kappa shape index (κ3) is 6.31. The molecule has 0 atom stereocenters. The highest BCUT2D eigenvalue weighted by molar-refractivity contribution is 5.74. The van der Waals surface area contributed by atoms with Crippen LogP contribution in [0.4, 0.5) is 4.79 Å². The van der Waals surface area contributed by atoms with E-state index in [1.165, 1.54) is 32.1 Å². The maximum Gasteiger partial charge on any atom is 0.315 e. The van der Waals surface area contributed by atoms with Gasteiger partial charge in [-0.15, -0.1) is 0 Å². The second-order valence-corrected chi connectivity index (χ2v) is 7.56. The van der Waals surface area contributed by atoms with Crippen LogP contribution in [0.15, 0.2) is 24.4 Å². The van der Waals surface area contributed by atoms with E-state index < -0.39 is 0 Å². The predicted octanol–water partition coefficient (Wildman–Crippen LogP) is 3.32. The van der Waals surface area contributed by atoms with Gasteiger partial charge in [0, 0.05) is 38.4 Å². The molecule has 0 bridgehead atoms. The first-order valence-corrected chi connectivity index (χ1v) is 9.96. The zero-order valence-electron chi connectivity index (χ0n) is 15.3. The number of nitrogens with zero attached hydrogens (tertiary/aromatic N) is 2. The molecule has 2 amide bonds. The number of likely N-dealkylation sites (tertiary alicyclic amines) is 1. The van der Waals surface area contributed by atoms with Crippen molar-refractivity contribution >= 4 is 6.03 Å². The van der Waals surface area contributed by atoms with Gasteiger partial charge in [0.2, 0.25) is 0 Å². The van der Waals surface area contributed by atoms with E-state index >= 15 is 0 Å². The van der Waals surface area contributed by atoms with Gasteiger partial charge in [-0.25, -0.2) is 4.79 Å². The summed E-state index contributed by atoms with van der Waals surface area (Å²) in [7, 11) is 0. The van der Waals surface area contributed by atoms with E-state index in [1.54, 1.807) is 0 Å². The van der Waals surface area contributed by atoms with Gasteiger partial charge in [-0.3, -0.25) is 9.88 Å². The van der Waals surface area contributed by atoms with Crippen molar-refractivity contribution in [1.82, 2.24) is 20.5 Å². The lowest BCUT2D eigenvalue weighted by Crippen LogP contribution is -2.47. The van der Waals surface area contributed by atoms with Gasteiger partial charge in [-0.1, -0.05) is 31.7 Å². The van der Waals surface area contributed by atoms with Gasteiger partial charge in [-0.2, -0.15) is 0 Å². The van der Waals surface area contributed by atoms with Crippen LogP contribution in [0.5, 0.6) is 0 Å². The van der Waals surface area contributed by atoms with Crippen LogP contribution in [0.3, 0.4) is 0 Å². The summed E-state index contributed by atoms with van der Waals surface area (Å²) in [5.74, 6) is 0.910. The number of hydrogen-bond acceptors (Lipinski definition) is 3. The molecule has 2 N–H and O–H groups in total. The fourth-order valence-corrected chi connectivity index (χ4v) is 4.08. The smallest absolute Gasteiger partial charge is 0.315 e. The molecule has 5 heteroatoms. The first-order valence-electron chi connectivity index (χ1n) is 9.96. The Morgan fingerprint density at radius 2 is 1.96 bits per heavy atom. The summed E-state index contributed by atoms with van der Waals surface area (Å²) >= 11 is 0. The molecule has 0 aromatic carbocycles. The molecule has 1 aromatic heterocycles. The molecule has 1 aromatic rings. The van der Waals surface area contributed by atoms with Gasteiger partial charge >= 0.3 is 6.03 Å². The Morgan fingerprint density at radius 1 is 1.16 bits per heavy atom. The van der Waals surface area contributed by atoms with Crippen LogP contribution in [0.1, 0.15) is 57.1 Å². The number of aromatic nitrogens is 1. The molecule has 2 aliphatic rings. The minimum absolute atomic E-state index is 0.00889. The van der Waals surface area contributed by atoms with Gasteiger partial charge in [0.25, 0.3) is 0 Å². The lowest BCUT2D eigenvalue weighted by Gasteiger charge is -2.32. The summed E-state index contributed by atoms with van der Waals surface area (Å²) in [4.78, 5) is 18.8. The summed E-state index contributed by atoms with van der Waals surface area (Å²) in [5.41, 5.74) is 1.12. The monoisotopic (exact) mass is 344 g/mol. The summed E-state index contributed by atoms with van der Waals surface area (Å²) in [6.07, 6.45) is 11.8. The lowest BCUT2D eigenvalue weighted by atomic mass is 10.0. The van der Waals surface area contributed by atoms with Crippen LogP contribution in [0.2, 0.25) is 0 Å². The SMILES string of the molecule is O=C(NCCCC1CCCC1)NC1CCN(Cc2ccccn2)CC1. The van der Waals surface area contributed by atoms with Crippen LogP contribution in [-0.4, -0.2) is 41.6 Å². The van der Waals surface area contributed by atoms with Crippen molar-refractivity contribution in [3.05, 3.63) is 30.1 Å². The van der Waals surface area contributed by atoms with E-state index in [0.717, 1.165) is 57.1 Å². The van der Waals surface area contributed by atoms with Crippen LogP contribution in [-0.2, 0) is 6.54 Å². The second kappa shape index (κ2) is 9.76. The highest BCUT2D eigenvalue weighted by Crippen LogP contribution is 2.28. The number of pyridine rings is 1. The molecule has 5 nitrogen and oxygen atoms in total. The van der Waals surface area contributed by atoms with Crippen molar-refractivity contribution in [1.29, 1.82) is 0 Å². The molecule has 2 heterocycles. The number of rotatable bonds is 7. The Kier molecular flexibility index (Phi) is 7.10. The van der Waals surface area contributed by atoms with Crippen LogP contribution in [0, 0.1) is 5.92 Å². The van der Waals surface area contributed by atoms with E-state index in [-0.39, 0.29) is 6.03 Å². The van der Waals surface area contributed by atoms with Gasteiger partial charge in [-0.05, 0) is 43.7 Å². The van der Waals surface area contributed by atoms with Crippen molar-refractivity contribution in [2.75, 3.05) is 19.6 Å². The standard InChI is InChI=1S/C20H32N4O/c25-20(22-13-5-8-17-6-1-2-7-17)23-18-10-14-24(15-11-18)16-19-9-3-4-12-21-19/h3-4,9,12,17-18H,1-2,5-8,10-11,13-16H2,(H2,22,23,25). The van der Waals surface area contributed by atoms with Crippen LogP contribution >= 0.6 is 0 Å². The number of urea groups is 1. The molecule has 0 radical (unpaired) electrons. The van der Waals surface area contributed by atoms with E-state index in [4.69, 9.17) is 0 Å². The molecule has 0 spiro atoms. The Morgan fingerprint density at radius 3 is 2.68 bits per heavy atom. The summed E-state index contributed by atoms with van der Waals surface area (Å²) in [6, 6.07) is 6.37. The molecule has 1 saturated carbocycles. The van der Waals surface area contributed by atoms with E-state index in [9.17, 15) is 4.79 Å². The first-order chi connectivity index (χ1) is 12.3. The highest BCUT2D eigenvalue weighted by Gasteiger charge is 2.21. The largest absolute Gasteiger partial charge is 0.338 e. The normalized spacial score (nSPS) is 19.8. The third-order valence-electron chi connectivity index (χ3n) is 5.58. The Balaban J connectivity index is 1.26. The van der Waals surface area contributed by atoms with E-state index in [0.29, 0.717) is 6.04 Å². The zero-order valence-corrected chi connectivity index (χ0v) is 15.3. The minimum atomic E-state index is 0.00889. The fourth-order valence-electron chi connectivity index (χ4n) is 4.08. The summed E-state index contributed by atoms with van der Waals surface area (Å²) < 4.78 is 0. The Hall–Kier alpha value is -1.62. The van der Waals surface area contributed by atoms with Crippen molar-refractivity contribution in [3.8, 4) is 0 Å². The Bertz CT molecular complexity index is 508. The number of hydrogen-bond donors (Lipinski definition) is 2. The van der Waals surface area contributed by atoms with Crippen LogP contribution in [0.25, 0.3) is 0 Å². The molecule has 1 saturated heterocycles. The molecule has 25 heavy (non-hydrogen) atoms. The van der Waals surface area contributed by atoms with E-state index in [1.807, 2.05) is 18.3 Å². The van der Waals surface area contributed by atoms with Gasteiger partial charge in [0.05, 0.1) is 5.69 Å². The molecule has 138 valence electrons. The maximum atomic E-state index is 12.0. The fraction of sp³-hybridized carbons (Fsp3) is 0.700. The van der Waals surface area contributed by atoms with Gasteiger partial charge in [0.1, 0.15) is 0 Å². The van der Waals surface area contributed by atoms with E-state index in [2.05, 4.69) is 26.6 Å². The Labute approximate surface area is 151 Å². The van der Waals surface area contributed by atoms with Crippen molar-refractivity contribution in [2.45, 2.75) is 64.0 Å². The van der Waals surface area contributed by atoms with Gasteiger partial charge < -0.3 is 10.6 Å². The first kappa shape index (κ1) is 18.2. The lowest BCUT2D eigenvalue weighted by molar-refractivity contribution is 0.185. The highest BCUT2D eigenvalue weighted by atomic mass is 16.2. The quantitative estimate of drug-likeness (QED) is 0.746. The predicted molar refractivity (Wildman–Crippen MR) is 100 cm³/mol. The van der Waals surface area contributed by atoms with Gasteiger partial charge in [0.15, 0.2) is 0 Å². The summed E-state index contributed by atoms with van der Waals surface area (Å²) in [5, 5.41) is 6.17. The molecule has 3 rings (SSSR count). The number of nitrogens with one attached hydrogen (secondary N) is 2. The van der Waals surface area contributed by atoms with Crippen molar-refractivity contribution in [3.63, 3.8) is 0 Å². The topological polar surface area (TPSA) is 57.3 Å². The number of piperidine rings is 1. The zero-order chi connectivity index (χ0) is 17.3. The minimum Gasteiger partial charge on any atom is -0.338 e. The number of carbonyl (C=O) groups excluding carboxylic acids is 1. The average molecular weight is 345 g/mol. The average Bonchev–Trinajstić information content (AvgIpc) is 3.15. The molecule has 1 aliphatic heterocycles. The van der Waals surface area contributed by atoms with Crippen molar-refractivity contribution in [2.24, 2.45) is 5.92 Å². The molecular formula is C20H32N4O. The molecule has 0 unspecified atom stereocenters. The number of amides is 2. The molecular weight excluding hydrogens is 312 g/mol. The third-order valence-corrected chi connectivity index (χ3v) is 5.58. The second-order valence-electron chi connectivity index (χ2n) is 7.56. The maximum absolute atomic E-state index is 12.0.